The summed E-state index contributed by atoms with van der Waals surface area (Å²) in [6, 6.07) is 3.47. The van der Waals surface area contributed by atoms with Crippen molar-refractivity contribution < 1.29 is 4.92 Å². The molecule has 7 heteroatoms. The molecule has 7 nitrogen and oxygen atoms in total. The van der Waals surface area contributed by atoms with Crippen molar-refractivity contribution >= 4 is 11.4 Å². The molecular formula is C11H13N5O2. The third kappa shape index (κ3) is 3.03. The fourth-order valence-electron chi connectivity index (χ4n) is 1.58. The number of anilines is 1. The molecule has 0 aromatic carbocycles. The third-order valence-electron chi connectivity index (χ3n) is 2.44. The lowest BCUT2D eigenvalue weighted by Gasteiger charge is -2.06. The molecule has 0 aliphatic heterocycles. The van der Waals surface area contributed by atoms with Crippen LogP contribution in [-0.4, -0.2) is 26.2 Å². The fraction of sp³-hybridized carbons (Fsp3) is 0.273. The number of pyridine rings is 1. The molecule has 2 rings (SSSR count). The quantitative estimate of drug-likeness (QED) is 0.477. The molecule has 94 valence electrons. The lowest BCUT2D eigenvalue weighted by molar-refractivity contribution is -0.384. The van der Waals surface area contributed by atoms with Gasteiger partial charge in [-0.05, 0) is 18.6 Å². The van der Waals surface area contributed by atoms with E-state index in [1.807, 2.05) is 16.9 Å². The molecule has 0 fully saturated rings. The normalized spacial score (nSPS) is 10.2. The van der Waals surface area contributed by atoms with Gasteiger partial charge in [-0.3, -0.25) is 19.8 Å². The molecule has 0 unspecified atom stereocenters. The summed E-state index contributed by atoms with van der Waals surface area (Å²) in [6.07, 6.45) is 7.22. The standard InChI is InChI=1S/C11H13N5O2/c17-16(18)11-9-12-6-3-10(11)13-4-1-7-15-8-2-5-14-15/h2-3,5-6,8-9H,1,4,7H2,(H,12,13). The van der Waals surface area contributed by atoms with Crippen LogP contribution in [0.4, 0.5) is 11.4 Å². The van der Waals surface area contributed by atoms with Crippen LogP contribution in [0.15, 0.2) is 36.9 Å². The van der Waals surface area contributed by atoms with Gasteiger partial charge >= 0.3 is 5.69 Å². The molecular weight excluding hydrogens is 234 g/mol. The van der Waals surface area contributed by atoms with Crippen LogP contribution in [0.1, 0.15) is 6.42 Å². The molecule has 0 atom stereocenters. The number of hydrogen-bond acceptors (Lipinski definition) is 5. The number of nitrogens with one attached hydrogen (secondary N) is 1. The van der Waals surface area contributed by atoms with E-state index in [1.54, 1.807) is 12.3 Å². The van der Waals surface area contributed by atoms with Crippen molar-refractivity contribution in [2.24, 2.45) is 0 Å². The molecule has 0 bridgehead atoms. The summed E-state index contributed by atoms with van der Waals surface area (Å²) < 4.78 is 1.82. The first-order valence-electron chi connectivity index (χ1n) is 5.57. The molecule has 2 heterocycles. The van der Waals surface area contributed by atoms with Crippen LogP contribution in [-0.2, 0) is 6.54 Å². The summed E-state index contributed by atoms with van der Waals surface area (Å²) >= 11 is 0. The highest BCUT2D eigenvalue weighted by Gasteiger charge is 2.12. The average Bonchev–Trinajstić information content (AvgIpc) is 2.88. The number of aryl methyl sites for hydroxylation is 1. The molecule has 0 aliphatic rings. The maximum Gasteiger partial charge on any atom is 0.310 e. The number of nitro groups is 1. The fourth-order valence-corrected chi connectivity index (χ4v) is 1.58. The predicted octanol–water partition coefficient (Wildman–Crippen LogP) is 1.69. The van der Waals surface area contributed by atoms with Crippen molar-refractivity contribution in [1.29, 1.82) is 0 Å². The first-order valence-corrected chi connectivity index (χ1v) is 5.57. The predicted molar refractivity (Wildman–Crippen MR) is 66.2 cm³/mol. The Labute approximate surface area is 104 Å². The molecule has 2 aromatic rings. The van der Waals surface area contributed by atoms with Crippen LogP contribution < -0.4 is 5.32 Å². The van der Waals surface area contributed by atoms with E-state index in [0.29, 0.717) is 12.2 Å². The highest BCUT2D eigenvalue weighted by atomic mass is 16.6. The molecule has 0 saturated heterocycles. The van der Waals surface area contributed by atoms with E-state index in [2.05, 4.69) is 15.4 Å². The summed E-state index contributed by atoms with van der Waals surface area (Å²) in [4.78, 5) is 14.1. The van der Waals surface area contributed by atoms with Crippen LogP contribution in [0.2, 0.25) is 0 Å². The van der Waals surface area contributed by atoms with Gasteiger partial charge in [0.1, 0.15) is 11.9 Å². The van der Waals surface area contributed by atoms with E-state index < -0.39 is 4.92 Å². The van der Waals surface area contributed by atoms with Gasteiger partial charge in [0.2, 0.25) is 0 Å². The average molecular weight is 247 g/mol. The van der Waals surface area contributed by atoms with Crippen molar-refractivity contribution in [2.75, 3.05) is 11.9 Å². The van der Waals surface area contributed by atoms with Gasteiger partial charge in [-0.25, -0.2) is 0 Å². The van der Waals surface area contributed by atoms with E-state index in [1.165, 1.54) is 12.4 Å². The highest BCUT2D eigenvalue weighted by molar-refractivity contribution is 5.59. The van der Waals surface area contributed by atoms with Gasteiger partial charge in [-0.15, -0.1) is 0 Å². The maximum absolute atomic E-state index is 10.8. The molecule has 18 heavy (non-hydrogen) atoms. The highest BCUT2D eigenvalue weighted by Crippen LogP contribution is 2.21. The van der Waals surface area contributed by atoms with Crippen molar-refractivity contribution in [3.05, 3.63) is 47.0 Å². The minimum Gasteiger partial charge on any atom is -0.379 e. The number of rotatable bonds is 6. The number of hydrogen-bond donors (Lipinski definition) is 1. The van der Waals surface area contributed by atoms with E-state index in [4.69, 9.17) is 0 Å². The zero-order chi connectivity index (χ0) is 12.8. The Hall–Kier alpha value is -2.44. The minimum atomic E-state index is -0.442. The summed E-state index contributed by atoms with van der Waals surface area (Å²) in [5, 5.41) is 17.9. The van der Waals surface area contributed by atoms with Gasteiger partial charge in [-0.1, -0.05) is 0 Å². The van der Waals surface area contributed by atoms with Gasteiger partial charge < -0.3 is 5.32 Å². The van der Waals surface area contributed by atoms with Gasteiger partial charge in [0.15, 0.2) is 0 Å². The Morgan fingerprint density at radius 3 is 3.06 bits per heavy atom. The Morgan fingerprint density at radius 2 is 2.33 bits per heavy atom. The first-order chi connectivity index (χ1) is 8.77. The van der Waals surface area contributed by atoms with E-state index >= 15 is 0 Å². The molecule has 0 radical (unpaired) electrons. The van der Waals surface area contributed by atoms with Crippen LogP contribution in [0.3, 0.4) is 0 Å². The topological polar surface area (TPSA) is 85.9 Å². The second-order valence-corrected chi connectivity index (χ2v) is 3.70. The largest absolute Gasteiger partial charge is 0.379 e. The molecule has 0 saturated carbocycles. The van der Waals surface area contributed by atoms with Crippen molar-refractivity contribution in [1.82, 2.24) is 14.8 Å². The lowest BCUT2D eigenvalue weighted by Crippen LogP contribution is -2.08. The van der Waals surface area contributed by atoms with Crippen molar-refractivity contribution in [2.45, 2.75) is 13.0 Å². The monoisotopic (exact) mass is 247 g/mol. The Balaban J connectivity index is 1.85. The molecule has 0 spiro atoms. The van der Waals surface area contributed by atoms with Crippen LogP contribution in [0, 0.1) is 10.1 Å². The lowest BCUT2D eigenvalue weighted by atomic mass is 10.3. The molecule has 2 aromatic heterocycles. The Kier molecular flexibility index (Phi) is 3.85. The van der Waals surface area contributed by atoms with Crippen molar-refractivity contribution in [3.8, 4) is 0 Å². The summed E-state index contributed by atoms with van der Waals surface area (Å²) in [7, 11) is 0. The SMILES string of the molecule is O=[N+]([O-])c1cnccc1NCCCn1cccn1. The third-order valence-corrected chi connectivity index (χ3v) is 2.44. The summed E-state index contributed by atoms with van der Waals surface area (Å²) in [5.74, 6) is 0. The van der Waals surface area contributed by atoms with Crippen LogP contribution >= 0.6 is 0 Å². The van der Waals surface area contributed by atoms with Gasteiger partial charge in [-0.2, -0.15) is 5.10 Å². The second kappa shape index (κ2) is 5.76. The molecule has 1 N–H and O–H groups in total. The second-order valence-electron chi connectivity index (χ2n) is 3.70. The van der Waals surface area contributed by atoms with Gasteiger partial charge in [0, 0.05) is 31.7 Å². The first kappa shape index (κ1) is 12.0. The summed E-state index contributed by atoms with van der Waals surface area (Å²) in [6.45, 7) is 1.42. The van der Waals surface area contributed by atoms with Crippen LogP contribution in [0.5, 0.6) is 0 Å². The van der Waals surface area contributed by atoms with Crippen molar-refractivity contribution in [3.63, 3.8) is 0 Å². The molecule has 0 amide bonds. The Bertz CT molecular complexity index is 512. The van der Waals surface area contributed by atoms with Gasteiger partial charge in [0.05, 0.1) is 4.92 Å². The summed E-state index contributed by atoms with van der Waals surface area (Å²) in [5.41, 5.74) is 0.493. The van der Waals surface area contributed by atoms with E-state index in [-0.39, 0.29) is 5.69 Å². The molecule has 0 aliphatic carbocycles. The zero-order valence-electron chi connectivity index (χ0n) is 9.69. The van der Waals surface area contributed by atoms with E-state index in [0.717, 1.165) is 13.0 Å². The van der Waals surface area contributed by atoms with Crippen LogP contribution in [0.25, 0.3) is 0 Å². The number of nitrogens with zero attached hydrogens (tertiary/aromatic N) is 4. The zero-order valence-corrected chi connectivity index (χ0v) is 9.69. The van der Waals surface area contributed by atoms with E-state index in [9.17, 15) is 10.1 Å². The minimum absolute atomic E-state index is 0.00316. The Morgan fingerprint density at radius 1 is 1.44 bits per heavy atom. The maximum atomic E-state index is 10.8. The number of aromatic nitrogens is 3. The smallest absolute Gasteiger partial charge is 0.310 e. The van der Waals surface area contributed by atoms with Gasteiger partial charge in [0.25, 0.3) is 0 Å².